The first kappa shape index (κ1) is 19.5. The molecule has 0 spiro atoms. The number of benzene rings is 2. The van der Waals surface area contributed by atoms with Crippen LogP contribution in [-0.4, -0.2) is 18.4 Å². The fraction of sp³-hybridized carbons (Fsp3) is 0.263. The first-order valence-electron chi connectivity index (χ1n) is 7.98. The van der Waals surface area contributed by atoms with E-state index >= 15 is 0 Å². The Morgan fingerprint density at radius 2 is 1.62 bits per heavy atom. The number of amides is 2. The molecule has 1 atom stereocenters. The summed E-state index contributed by atoms with van der Waals surface area (Å²) in [5, 5.41) is 2.77. The highest BCUT2D eigenvalue weighted by atomic mass is 19.4. The zero-order chi connectivity index (χ0) is 19.3. The molecule has 0 heterocycles. The van der Waals surface area contributed by atoms with Gasteiger partial charge in [-0.15, -0.1) is 0 Å². The maximum atomic E-state index is 12.6. The van der Waals surface area contributed by atoms with Crippen LogP contribution in [0.15, 0.2) is 54.6 Å². The van der Waals surface area contributed by atoms with Gasteiger partial charge in [-0.1, -0.05) is 30.3 Å². The van der Waals surface area contributed by atoms with E-state index in [0.29, 0.717) is 0 Å². The lowest BCUT2D eigenvalue weighted by atomic mass is 10.1. The molecule has 26 heavy (non-hydrogen) atoms. The molecule has 2 rings (SSSR count). The van der Waals surface area contributed by atoms with Gasteiger partial charge in [-0.2, -0.15) is 13.2 Å². The molecule has 0 aliphatic heterocycles. The molecule has 7 heteroatoms. The predicted octanol–water partition coefficient (Wildman–Crippen LogP) is 3.94. The van der Waals surface area contributed by atoms with Gasteiger partial charge in [0.2, 0.25) is 11.8 Å². The van der Waals surface area contributed by atoms with Gasteiger partial charge in [0.25, 0.3) is 0 Å². The van der Waals surface area contributed by atoms with Gasteiger partial charge in [0.15, 0.2) is 0 Å². The molecule has 138 valence electrons. The normalized spacial score (nSPS) is 12.3. The smallest absolute Gasteiger partial charge is 0.348 e. The number of nitrogens with one attached hydrogen (secondary N) is 1. The third kappa shape index (κ3) is 5.08. The molecule has 0 bridgehead atoms. The predicted molar refractivity (Wildman–Crippen MR) is 92.5 cm³/mol. The van der Waals surface area contributed by atoms with E-state index in [2.05, 4.69) is 5.32 Å². The van der Waals surface area contributed by atoms with Crippen LogP contribution in [0.2, 0.25) is 0 Å². The summed E-state index contributed by atoms with van der Waals surface area (Å²) in [4.78, 5) is 25.2. The zero-order valence-corrected chi connectivity index (χ0v) is 14.4. The van der Waals surface area contributed by atoms with Crippen molar-refractivity contribution in [3.8, 4) is 0 Å². The van der Waals surface area contributed by atoms with Crippen LogP contribution in [0, 0.1) is 0 Å². The maximum Gasteiger partial charge on any atom is 0.416 e. The third-order valence-electron chi connectivity index (χ3n) is 3.87. The van der Waals surface area contributed by atoms with Crippen LogP contribution < -0.4 is 10.2 Å². The Kier molecular flexibility index (Phi) is 6.02. The Labute approximate surface area is 149 Å². The van der Waals surface area contributed by atoms with Crippen molar-refractivity contribution in [1.29, 1.82) is 0 Å². The first-order valence-corrected chi connectivity index (χ1v) is 7.98. The van der Waals surface area contributed by atoms with E-state index in [1.165, 1.54) is 19.1 Å². The second-order valence-corrected chi connectivity index (χ2v) is 5.85. The van der Waals surface area contributed by atoms with Crippen LogP contribution in [0.4, 0.5) is 18.9 Å². The monoisotopic (exact) mass is 364 g/mol. The van der Waals surface area contributed by atoms with Crippen LogP contribution in [0.3, 0.4) is 0 Å². The molecule has 2 aromatic carbocycles. The second-order valence-electron chi connectivity index (χ2n) is 5.85. The number of hydrogen-bond donors (Lipinski definition) is 1. The van der Waals surface area contributed by atoms with Crippen molar-refractivity contribution in [1.82, 2.24) is 5.32 Å². The number of anilines is 1. The van der Waals surface area contributed by atoms with Crippen LogP contribution in [0.1, 0.15) is 31.0 Å². The van der Waals surface area contributed by atoms with E-state index in [-0.39, 0.29) is 18.3 Å². The molecule has 2 aromatic rings. The van der Waals surface area contributed by atoms with Gasteiger partial charge in [-0.25, -0.2) is 0 Å². The highest BCUT2D eigenvalue weighted by Gasteiger charge is 2.30. The average Bonchev–Trinajstić information content (AvgIpc) is 2.59. The summed E-state index contributed by atoms with van der Waals surface area (Å²) in [6.45, 7) is 2.78. The molecule has 0 aromatic heterocycles. The summed E-state index contributed by atoms with van der Waals surface area (Å²) >= 11 is 0. The van der Waals surface area contributed by atoms with Crippen molar-refractivity contribution in [2.75, 3.05) is 11.4 Å². The Morgan fingerprint density at radius 3 is 2.12 bits per heavy atom. The molecule has 0 saturated heterocycles. The van der Waals surface area contributed by atoms with E-state index in [4.69, 9.17) is 0 Å². The lowest BCUT2D eigenvalue weighted by molar-refractivity contribution is -0.137. The number of carbonyl (C=O) groups is 2. The van der Waals surface area contributed by atoms with Gasteiger partial charge in [0, 0.05) is 12.6 Å². The van der Waals surface area contributed by atoms with E-state index in [0.717, 1.165) is 22.6 Å². The number of nitrogens with zero attached hydrogens (tertiary/aromatic N) is 1. The van der Waals surface area contributed by atoms with Gasteiger partial charge in [-0.05, 0) is 36.8 Å². The Bertz CT molecular complexity index is 759. The van der Waals surface area contributed by atoms with Crippen molar-refractivity contribution >= 4 is 17.5 Å². The standard InChI is InChI=1S/C19H19F3N2O2/c1-13(15-6-4-3-5-7-15)23-18(26)12-24(14(2)25)17-10-8-16(9-11-17)19(20,21)22/h3-11,13H,12H2,1-2H3,(H,23,26). The average molecular weight is 364 g/mol. The van der Waals surface area contributed by atoms with E-state index in [1.54, 1.807) is 0 Å². The van der Waals surface area contributed by atoms with Crippen molar-refractivity contribution in [2.45, 2.75) is 26.1 Å². The van der Waals surface area contributed by atoms with E-state index in [9.17, 15) is 22.8 Å². The molecule has 0 radical (unpaired) electrons. The molecular weight excluding hydrogens is 345 g/mol. The van der Waals surface area contributed by atoms with E-state index in [1.807, 2.05) is 37.3 Å². The quantitative estimate of drug-likeness (QED) is 0.874. The SMILES string of the molecule is CC(=O)N(CC(=O)NC(C)c1ccccc1)c1ccc(C(F)(F)F)cc1. The number of halogens is 3. The molecule has 0 fully saturated rings. The summed E-state index contributed by atoms with van der Waals surface area (Å²) in [7, 11) is 0. The first-order chi connectivity index (χ1) is 12.2. The zero-order valence-electron chi connectivity index (χ0n) is 14.4. The van der Waals surface area contributed by atoms with Crippen LogP contribution in [0.5, 0.6) is 0 Å². The number of alkyl halides is 3. The van der Waals surface area contributed by atoms with Crippen molar-refractivity contribution < 1.29 is 22.8 Å². The van der Waals surface area contributed by atoms with Gasteiger partial charge in [0.05, 0.1) is 11.6 Å². The summed E-state index contributed by atoms with van der Waals surface area (Å²) < 4.78 is 37.9. The minimum atomic E-state index is -4.46. The lowest BCUT2D eigenvalue weighted by Crippen LogP contribution is -2.40. The summed E-state index contributed by atoms with van der Waals surface area (Å²) in [6, 6.07) is 13.2. The minimum Gasteiger partial charge on any atom is -0.348 e. The molecule has 1 N–H and O–H groups in total. The largest absolute Gasteiger partial charge is 0.416 e. The fourth-order valence-electron chi connectivity index (χ4n) is 2.47. The van der Waals surface area contributed by atoms with Gasteiger partial charge in [0.1, 0.15) is 6.54 Å². The van der Waals surface area contributed by atoms with Crippen molar-refractivity contribution in [3.05, 3.63) is 65.7 Å². The van der Waals surface area contributed by atoms with Gasteiger partial charge >= 0.3 is 6.18 Å². The molecule has 1 unspecified atom stereocenters. The number of rotatable bonds is 5. The molecule has 0 aliphatic carbocycles. The van der Waals surface area contributed by atoms with Crippen LogP contribution in [0.25, 0.3) is 0 Å². The molecule has 0 aliphatic rings. The minimum absolute atomic E-state index is 0.230. The summed E-state index contributed by atoms with van der Waals surface area (Å²) in [5.41, 5.74) is 0.324. The Balaban J connectivity index is 2.08. The fourth-order valence-corrected chi connectivity index (χ4v) is 2.47. The Morgan fingerprint density at radius 1 is 1.04 bits per heavy atom. The van der Waals surface area contributed by atoms with Crippen molar-refractivity contribution in [3.63, 3.8) is 0 Å². The van der Waals surface area contributed by atoms with Crippen molar-refractivity contribution in [2.24, 2.45) is 0 Å². The third-order valence-corrected chi connectivity index (χ3v) is 3.87. The van der Waals surface area contributed by atoms with Gasteiger partial charge in [-0.3, -0.25) is 9.59 Å². The topological polar surface area (TPSA) is 49.4 Å². The van der Waals surface area contributed by atoms with Crippen LogP contribution >= 0.6 is 0 Å². The molecule has 4 nitrogen and oxygen atoms in total. The van der Waals surface area contributed by atoms with E-state index < -0.39 is 23.6 Å². The highest BCUT2D eigenvalue weighted by Crippen LogP contribution is 2.30. The number of carbonyl (C=O) groups excluding carboxylic acids is 2. The molecule has 0 saturated carbocycles. The Hall–Kier alpha value is -2.83. The maximum absolute atomic E-state index is 12.6. The molecular formula is C19H19F3N2O2. The summed E-state index contributed by atoms with van der Waals surface area (Å²) in [6.07, 6.45) is -4.46. The second kappa shape index (κ2) is 8.03. The van der Waals surface area contributed by atoms with Crippen LogP contribution in [-0.2, 0) is 15.8 Å². The highest BCUT2D eigenvalue weighted by molar-refractivity contribution is 5.97. The lowest BCUT2D eigenvalue weighted by Gasteiger charge is -2.23. The summed E-state index contributed by atoms with van der Waals surface area (Å²) in [5.74, 6) is -0.844. The molecule has 2 amide bonds. The number of hydrogen-bond acceptors (Lipinski definition) is 2. The van der Waals surface area contributed by atoms with Gasteiger partial charge < -0.3 is 10.2 Å².